The van der Waals surface area contributed by atoms with E-state index >= 15 is 0 Å². The maximum atomic E-state index is 10.4. The van der Waals surface area contributed by atoms with E-state index in [1.54, 1.807) is 12.1 Å². The molecule has 0 amide bonds. The van der Waals surface area contributed by atoms with Crippen molar-refractivity contribution in [1.29, 1.82) is 0 Å². The van der Waals surface area contributed by atoms with Crippen molar-refractivity contribution < 1.29 is 15.0 Å². The van der Waals surface area contributed by atoms with E-state index < -0.39 is 12.2 Å². The van der Waals surface area contributed by atoms with Gasteiger partial charge in [-0.1, -0.05) is 6.07 Å². The summed E-state index contributed by atoms with van der Waals surface area (Å²) in [6.07, 6.45) is -1.21. The average Bonchev–Trinajstić information content (AvgIpc) is 2.28. The summed E-state index contributed by atoms with van der Waals surface area (Å²) in [5, 5.41) is 19.1. The Balaban J connectivity index is 2.80. The van der Waals surface area contributed by atoms with Crippen molar-refractivity contribution in [2.75, 3.05) is 5.88 Å². The third-order valence-electron chi connectivity index (χ3n) is 1.99. The highest BCUT2D eigenvalue weighted by atomic mass is 35.5. The Labute approximate surface area is 92.5 Å². The number of carbonyl (C=O) groups is 1. The normalized spacial score (nSPS) is 14.6. The molecule has 82 valence electrons. The summed E-state index contributed by atoms with van der Waals surface area (Å²) < 4.78 is 0. The Morgan fingerprint density at radius 3 is 2.80 bits per heavy atom. The molecule has 1 aromatic rings. The highest BCUT2D eigenvalue weighted by molar-refractivity contribution is 6.17. The summed E-state index contributed by atoms with van der Waals surface area (Å²) in [7, 11) is 0. The summed E-state index contributed by atoms with van der Waals surface area (Å²) in [5.74, 6) is 0.256. The van der Waals surface area contributed by atoms with Crippen LogP contribution in [-0.2, 0) is 0 Å². The number of aldehydes is 1. The summed E-state index contributed by atoms with van der Waals surface area (Å²) >= 11 is 5.44. The first-order valence-corrected chi connectivity index (χ1v) is 5.06. The zero-order valence-corrected chi connectivity index (χ0v) is 8.76. The van der Waals surface area contributed by atoms with Gasteiger partial charge in [-0.15, -0.1) is 11.6 Å². The second kappa shape index (κ2) is 5.80. The van der Waals surface area contributed by atoms with Crippen LogP contribution < -0.4 is 0 Å². The van der Waals surface area contributed by atoms with Gasteiger partial charge in [-0.3, -0.25) is 4.79 Å². The molecule has 2 unspecified atom stereocenters. The molecule has 0 spiro atoms. The lowest BCUT2D eigenvalue weighted by atomic mass is 10.1. The number of hydrogen-bond donors (Lipinski definition) is 2. The van der Waals surface area contributed by atoms with Gasteiger partial charge in [0, 0.05) is 5.88 Å². The number of aromatic nitrogens is 1. The Morgan fingerprint density at radius 1 is 1.47 bits per heavy atom. The molecule has 0 radical (unpaired) electrons. The first-order valence-electron chi connectivity index (χ1n) is 4.53. The fourth-order valence-electron chi connectivity index (χ4n) is 1.17. The summed E-state index contributed by atoms with van der Waals surface area (Å²) in [5.41, 5.74) is 0.502. The molecule has 4 nitrogen and oxygen atoms in total. The lowest BCUT2D eigenvalue weighted by Crippen LogP contribution is -2.20. The number of rotatable bonds is 5. The predicted molar refractivity (Wildman–Crippen MR) is 55.9 cm³/mol. The highest BCUT2D eigenvalue weighted by Gasteiger charge is 2.18. The molecule has 0 aromatic carbocycles. The van der Waals surface area contributed by atoms with Crippen LogP contribution in [0, 0.1) is 0 Å². The van der Waals surface area contributed by atoms with Gasteiger partial charge in [0.05, 0.1) is 11.8 Å². The van der Waals surface area contributed by atoms with Crippen molar-refractivity contribution >= 4 is 17.9 Å². The molecule has 2 atom stereocenters. The number of pyridine rings is 1. The molecule has 0 saturated heterocycles. The van der Waals surface area contributed by atoms with Gasteiger partial charge in [-0.05, 0) is 18.6 Å². The largest absolute Gasteiger partial charge is 0.390 e. The molecule has 0 bridgehead atoms. The number of hydrogen-bond acceptors (Lipinski definition) is 4. The lowest BCUT2D eigenvalue weighted by molar-refractivity contribution is 0.0144. The third kappa shape index (κ3) is 3.27. The molecule has 0 fully saturated rings. The van der Waals surface area contributed by atoms with Crippen LogP contribution in [0.3, 0.4) is 0 Å². The number of nitrogens with zero attached hydrogens (tertiary/aromatic N) is 1. The molecule has 15 heavy (non-hydrogen) atoms. The van der Waals surface area contributed by atoms with Crippen molar-refractivity contribution in [2.45, 2.75) is 18.6 Å². The SMILES string of the molecule is O=Cc1cccc(C(O)C(O)CCCl)n1. The van der Waals surface area contributed by atoms with E-state index in [-0.39, 0.29) is 23.7 Å². The number of halogens is 1. The second-order valence-electron chi connectivity index (χ2n) is 3.10. The van der Waals surface area contributed by atoms with Gasteiger partial charge in [-0.2, -0.15) is 0 Å². The standard InChI is InChI=1S/C10H12ClNO3/c11-5-4-9(14)10(15)8-3-1-2-7(6-13)12-8/h1-3,6,9-10,14-15H,4-5H2. The molecular weight excluding hydrogens is 218 g/mol. The minimum atomic E-state index is -1.11. The number of aliphatic hydroxyl groups is 2. The van der Waals surface area contributed by atoms with Gasteiger partial charge in [-0.25, -0.2) is 4.98 Å². The lowest BCUT2D eigenvalue weighted by Gasteiger charge is -2.16. The maximum absolute atomic E-state index is 10.4. The number of alkyl halides is 1. The van der Waals surface area contributed by atoms with E-state index in [9.17, 15) is 15.0 Å². The summed E-state index contributed by atoms with van der Waals surface area (Å²) in [6.45, 7) is 0. The van der Waals surface area contributed by atoms with E-state index in [2.05, 4.69) is 4.98 Å². The van der Waals surface area contributed by atoms with Crippen molar-refractivity contribution in [1.82, 2.24) is 4.98 Å². The van der Waals surface area contributed by atoms with Gasteiger partial charge >= 0.3 is 0 Å². The van der Waals surface area contributed by atoms with Crippen molar-refractivity contribution in [3.05, 3.63) is 29.6 Å². The van der Waals surface area contributed by atoms with Crippen LogP contribution in [0.25, 0.3) is 0 Å². The molecule has 1 heterocycles. The van der Waals surface area contributed by atoms with Gasteiger partial charge < -0.3 is 10.2 Å². The molecular formula is C10H12ClNO3. The maximum Gasteiger partial charge on any atom is 0.168 e. The fraction of sp³-hybridized carbons (Fsp3) is 0.400. The molecule has 2 N–H and O–H groups in total. The average molecular weight is 230 g/mol. The zero-order chi connectivity index (χ0) is 11.3. The van der Waals surface area contributed by atoms with Crippen molar-refractivity contribution in [2.24, 2.45) is 0 Å². The van der Waals surface area contributed by atoms with Gasteiger partial charge in [0.25, 0.3) is 0 Å². The van der Waals surface area contributed by atoms with Gasteiger partial charge in [0.15, 0.2) is 6.29 Å². The van der Waals surface area contributed by atoms with E-state index in [1.807, 2.05) is 0 Å². The second-order valence-corrected chi connectivity index (χ2v) is 3.47. The van der Waals surface area contributed by atoms with Crippen LogP contribution in [0.4, 0.5) is 0 Å². The van der Waals surface area contributed by atoms with Crippen LogP contribution >= 0.6 is 11.6 Å². The van der Waals surface area contributed by atoms with Crippen molar-refractivity contribution in [3.8, 4) is 0 Å². The summed E-state index contributed by atoms with van der Waals surface area (Å²) in [4.78, 5) is 14.3. The van der Waals surface area contributed by atoms with Crippen LogP contribution in [0.1, 0.15) is 28.7 Å². The number of aliphatic hydroxyl groups excluding tert-OH is 2. The molecule has 5 heteroatoms. The minimum absolute atomic E-state index is 0.227. The highest BCUT2D eigenvalue weighted by Crippen LogP contribution is 2.17. The number of carbonyl (C=O) groups excluding carboxylic acids is 1. The Hall–Kier alpha value is -0.970. The summed E-state index contributed by atoms with van der Waals surface area (Å²) in [6, 6.07) is 4.68. The predicted octanol–water partition coefficient (Wildman–Crippen LogP) is 0.917. The quantitative estimate of drug-likeness (QED) is 0.582. The zero-order valence-electron chi connectivity index (χ0n) is 8.01. The molecule has 0 saturated carbocycles. The topological polar surface area (TPSA) is 70.4 Å². The van der Waals surface area contributed by atoms with Crippen LogP contribution in [-0.4, -0.2) is 33.5 Å². The molecule has 0 aliphatic heterocycles. The Morgan fingerprint density at radius 2 is 2.20 bits per heavy atom. The van der Waals surface area contributed by atoms with Gasteiger partial charge in [0.2, 0.25) is 0 Å². The fourth-order valence-corrected chi connectivity index (χ4v) is 1.39. The first-order chi connectivity index (χ1) is 7.19. The van der Waals surface area contributed by atoms with E-state index in [4.69, 9.17) is 11.6 Å². The van der Waals surface area contributed by atoms with E-state index in [0.29, 0.717) is 6.29 Å². The van der Waals surface area contributed by atoms with Crippen LogP contribution in [0.2, 0.25) is 0 Å². The molecule has 0 aliphatic rings. The third-order valence-corrected chi connectivity index (χ3v) is 2.20. The van der Waals surface area contributed by atoms with Crippen LogP contribution in [0.5, 0.6) is 0 Å². The smallest absolute Gasteiger partial charge is 0.168 e. The van der Waals surface area contributed by atoms with Crippen LogP contribution in [0.15, 0.2) is 18.2 Å². The molecule has 0 aliphatic carbocycles. The first kappa shape index (κ1) is 12.1. The van der Waals surface area contributed by atoms with Gasteiger partial charge in [0.1, 0.15) is 11.8 Å². The monoisotopic (exact) mass is 229 g/mol. The molecule has 1 rings (SSSR count). The Kier molecular flexibility index (Phi) is 4.68. The molecule has 1 aromatic heterocycles. The van der Waals surface area contributed by atoms with E-state index in [1.165, 1.54) is 6.07 Å². The van der Waals surface area contributed by atoms with Crippen molar-refractivity contribution in [3.63, 3.8) is 0 Å². The minimum Gasteiger partial charge on any atom is -0.390 e. The Bertz CT molecular complexity index is 332. The van der Waals surface area contributed by atoms with E-state index in [0.717, 1.165) is 0 Å².